The number of nitrogens with zero attached hydrogens (tertiary/aromatic N) is 1. The summed E-state index contributed by atoms with van der Waals surface area (Å²) in [6, 6.07) is 18.7. The molecule has 2 heteroatoms. The van der Waals surface area contributed by atoms with Gasteiger partial charge in [-0.2, -0.15) is 0 Å². The number of fused-ring (bicyclic) bond motifs is 1. The molecule has 3 aromatic rings. The molecule has 2 aromatic carbocycles. The van der Waals surface area contributed by atoms with Gasteiger partial charge in [0, 0.05) is 17.0 Å². The lowest BCUT2D eigenvalue weighted by Crippen LogP contribution is -1.89. The van der Waals surface area contributed by atoms with Gasteiger partial charge in [-0.05, 0) is 42.2 Å². The van der Waals surface area contributed by atoms with Crippen LogP contribution in [0, 0.1) is 0 Å². The zero-order valence-corrected chi connectivity index (χ0v) is 11.8. The van der Waals surface area contributed by atoms with E-state index in [2.05, 4.69) is 42.5 Å². The predicted molar refractivity (Wildman–Crippen MR) is 84.2 cm³/mol. The monoisotopic (exact) mass is 279 g/mol. The summed E-state index contributed by atoms with van der Waals surface area (Å²) in [6.07, 6.45) is 2.49. The van der Waals surface area contributed by atoms with Crippen LogP contribution in [0.3, 0.4) is 0 Å². The van der Waals surface area contributed by atoms with E-state index >= 15 is 0 Å². The number of halogens is 1. The Hall–Kier alpha value is -1.86. The maximum Gasteiger partial charge on any atom is 0.0720 e. The standard InChI is InChI=1S/C18H14ClN/c19-16-11-18(13-6-7-13)20-17-9-8-14(10-15(16)17)12-4-2-1-3-5-12/h1-5,8-11,13H,6-7H2. The fourth-order valence-electron chi connectivity index (χ4n) is 2.60. The van der Waals surface area contributed by atoms with E-state index in [4.69, 9.17) is 16.6 Å². The molecule has 0 atom stereocenters. The maximum atomic E-state index is 6.45. The molecule has 1 aliphatic rings. The lowest BCUT2D eigenvalue weighted by molar-refractivity contribution is 1.04. The average molecular weight is 280 g/mol. The van der Waals surface area contributed by atoms with Gasteiger partial charge in [-0.3, -0.25) is 4.98 Å². The highest BCUT2D eigenvalue weighted by Crippen LogP contribution is 2.41. The molecule has 0 N–H and O–H groups in total. The summed E-state index contributed by atoms with van der Waals surface area (Å²) in [4.78, 5) is 4.75. The van der Waals surface area contributed by atoms with Gasteiger partial charge in [-0.1, -0.05) is 48.0 Å². The van der Waals surface area contributed by atoms with Gasteiger partial charge in [-0.15, -0.1) is 0 Å². The Labute approximate surface area is 123 Å². The number of aromatic nitrogens is 1. The van der Waals surface area contributed by atoms with Crippen LogP contribution in [0.1, 0.15) is 24.5 Å². The first-order valence-electron chi connectivity index (χ1n) is 6.97. The Morgan fingerprint density at radius 2 is 1.70 bits per heavy atom. The molecule has 1 fully saturated rings. The predicted octanol–water partition coefficient (Wildman–Crippen LogP) is 5.43. The first-order valence-corrected chi connectivity index (χ1v) is 7.35. The normalized spacial score (nSPS) is 14.7. The molecule has 1 aromatic heterocycles. The van der Waals surface area contributed by atoms with Crippen LogP contribution < -0.4 is 0 Å². The second-order valence-corrected chi connectivity index (χ2v) is 5.81. The fraction of sp³-hybridized carbons (Fsp3) is 0.167. The third-order valence-electron chi connectivity index (χ3n) is 3.88. The lowest BCUT2D eigenvalue weighted by Gasteiger charge is -2.07. The molecule has 20 heavy (non-hydrogen) atoms. The van der Waals surface area contributed by atoms with E-state index < -0.39 is 0 Å². The zero-order chi connectivity index (χ0) is 13.5. The Bertz CT molecular complexity index is 776. The zero-order valence-electron chi connectivity index (χ0n) is 11.0. The van der Waals surface area contributed by atoms with Gasteiger partial charge in [0.15, 0.2) is 0 Å². The first kappa shape index (κ1) is 11.9. The number of pyridine rings is 1. The Kier molecular flexibility index (Phi) is 2.75. The minimum absolute atomic E-state index is 0.630. The van der Waals surface area contributed by atoms with Gasteiger partial charge in [0.1, 0.15) is 0 Å². The van der Waals surface area contributed by atoms with Crippen molar-refractivity contribution in [1.29, 1.82) is 0 Å². The number of benzene rings is 2. The van der Waals surface area contributed by atoms with Gasteiger partial charge in [0.05, 0.1) is 10.5 Å². The van der Waals surface area contributed by atoms with Crippen molar-refractivity contribution in [3.63, 3.8) is 0 Å². The fourth-order valence-corrected chi connectivity index (χ4v) is 2.87. The van der Waals surface area contributed by atoms with Crippen molar-refractivity contribution >= 4 is 22.5 Å². The summed E-state index contributed by atoms with van der Waals surface area (Å²) in [6.45, 7) is 0. The van der Waals surface area contributed by atoms with Crippen molar-refractivity contribution in [3.05, 3.63) is 65.3 Å². The second-order valence-electron chi connectivity index (χ2n) is 5.40. The van der Waals surface area contributed by atoms with Crippen LogP contribution in [0.4, 0.5) is 0 Å². The molecule has 0 bridgehead atoms. The van der Waals surface area contributed by atoms with Gasteiger partial charge >= 0.3 is 0 Å². The Morgan fingerprint density at radius 1 is 0.900 bits per heavy atom. The maximum absolute atomic E-state index is 6.45. The third kappa shape index (κ3) is 2.08. The molecule has 0 radical (unpaired) electrons. The van der Waals surface area contributed by atoms with E-state index in [1.807, 2.05) is 12.1 Å². The van der Waals surface area contributed by atoms with Crippen molar-refractivity contribution in [2.24, 2.45) is 0 Å². The summed E-state index contributed by atoms with van der Waals surface area (Å²) in [5, 5.41) is 1.85. The van der Waals surface area contributed by atoms with Gasteiger partial charge in [0.2, 0.25) is 0 Å². The highest BCUT2D eigenvalue weighted by molar-refractivity contribution is 6.35. The largest absolute Gasteiger partial charge is 0.252 e. The van der Waals surface area contributed by atoms with Crippen molar-refractivity contribution < 1.29 is 0 Å². The molecule has 0 saturated heterocycles. The minimum atomic E-state index is 0.630. The highest BCUT2D eigenvalue weighted by atomic mass is 35.5. The molecule has 1 heterocycles. The first-order chi connectivity index (χ1) is 9.81. The van der Waals surface area contributed by atoms with Crippen molar-refractivity contribution in [2.75, 3.05) is 0 Å². The molecule has 0 aliphatic heterocycles. The van der Waals surface area contributed by atoms with Gasteiger partial charge in [0.25, 0.3) is 0 Å². The molecule has 4 rings (SSSR count). The minimum Gasteiger partial charge on any atom is -0.252 e. The highest BCUT2D eigenvalue weighted by Gasteiger charge is 2.25. The number of hydrogen-bond donors (Lipinski definition) is 0. The van der Waals surface area contributed by atoms with Gasteiger partial charge < -0.3 is 0 Å². The molecule has 0 unspecified atom stereocenters. The van der Waals surface area contributed by atoms with Crippen molar-refractivity contribution in [2.45, 2.75) is 18.8 Å². The van der Waals surface area contributed by atoms with Crippen molar-refractivity contribution in [3.8, 4) is 11.1 Å². The SMILES string of the molecule is Clc1cc(C2CC2)nc2ccc(-c3ccccc3)cc12. The van der Waals surface area contributed by atoms with Crippen molar-refractivity contribution in [1.82, 2.24) is 4.98 Å². The van der Waals surface area contributed by atoms with Crippen LogP contribution in [0.2, 0.25) is 5.02 Å². The molecule has 1 nitrogen and oxygen atoms in total. The lowest BCUT2D eigenvalue weighted by atomic mass is 10.0. The van der Waals surface area contributed by atoms with Crippen LogP contribution >= 0.6 is 11.6 Å². The molecule has 1 saturated carbocycles. The topological polar surface area (TPSA) is 12.9 Å². The summed E-state index contributed by atoms with van der Waals surface area (Å²) in [7, 11) is 0. The summed E-state index contributed by atoms with van der Waals surface area (Å²) >= 11 is 6.45. The Morgan fingerprint density at radius 3 is 2.45 bits per heavy atom. The smallest absolute Gasteiger partial charge is 0.0720 e. The van der Waals surface area contributed by atoms with Crippen LogP contribution in [0.5, 0.6) is 0 Å². The molecular formula is C18H14ClN. The molecule has 1 aliphatic carbocycles. The molecule has 0 amide bonds. The van der Waals surface area contributed by atoms with E-state index in [1.165, 1.54) is 24.0 Å². The second kappa shape index (κ2) is 4.60. The van der Waals surface area contributed by atoms with Crippen LogP contribution in [0.25, 0.3) is 22.0 Å². The van der Waals surface area contributed by atoms with E-state index in [9.17, 15) is 0 Å². The number of rotatable bonds is 2. The Balaban J connectivity index is 1.87. The third-order valence-corrected chi connectivity index (χ3v) is 4.19. The molecule has 0 spiro atoms. The van der Waals surface area contributed by atoms with Crippen LogP contribution in [-0.4, -0.2) is 4.98 Å². The summed E-state index contributed by atoms with van der Waals surface area (Å²) in [5.41, 5.74) is 4.53. The molecule has 98 valence electrons. The van der Waals surface area contributed by atoms with E-state index in [-0.39, 0.29) is 0 Å². The van der Waals surface area contributed by atoms with E-state index in [0.717, 1.165) is 21.6 Å². The van der Waals surface area contributed by atoms with Gasteiger partial charge in [-0.25, -0.2) is 0 Å². The van der Waals surface area contributed by atoms with E-state index in [0.29, 0.717) is 5.92 Å². The van der Waals surface area contributed by atoms with Crippen LogP contribution in [0.15, 0.2) is 54.6 Å². The molecular weight excluding hydrogens is 266 g/mol. The number of hydrogen-bond acceptors (Lipinski definition) is 1. The summed E-state index contributed by atoms with van der Waals surface area (Å²) in [5.74, 6) is 0.630. The average Bonchev–Trinajstić information content (AvgIpc) is 3.32. The quantitative estimate of drug-likeness (QED) is 0.609. The van der Waals surface area contributed by atoms with Crippen LogP contribution in [-0.2, 0) is 0 Å². The summed E-state index contributed by atoms with van der Waals surface area (Å²) < 4.78 is 0. The van der Waals surface area contributed by atoms with E-state index in [1.54, 1.807) is 0 Å².